The molecule has 1 fully saturated rings. The number of hydrogen-bond donors (Lipinski definition) is 2. The molecule has 7 heteroatoms. The Balaban J connectivity index is 2.22. The minimum atomic E-state index is -0.369. The summed E-state index contributed by atoms with van der Waals surface area (Å²) in [5, 5.41) is 8.08. The average molecular weight is 268 g/mol. The molecule has 1 aromatic heterocycles. The van der Waals surface area contributed by atoms with E-state index in [0.29, 0.717) is 5.13 Å². The summed E-state index contributed by atoms with van der Waals surface area (Å²) in [7, 11) is 1.87. The first kappa shape index (κ1) is 13.0. The maximum Gasteiger partial charge on any atom is 0.249 e. The van der Waals surface area contributed by atoms with Crippen LogP contribution in [0, 0.1) is 0 Å². The van der Waals surface area contributed by atoms with Gasteiger partial charge in [-0.15, -0.1) is 11.3 Å². The molecule has 0 bridgehead atoms. The monoisotopic (exact) mass is 268 g/mol. The van der Waals surface area contributed by atoms with E-state index < -0.39 is 0 Å². The van der Waals surface area contributed by atoms with Gasteiger partial charge < -0.3 is 10.2 Å². The number of amides is 2. The van der Waals surface area contributed by atoms with Crippen molar-refractivity contribution in [3.05, 3.63) is 11.1 Å². The van der Waals surface area contributed by atoms with Crippen LogP contribution in [-0.4, -0.2) is 36.4 Å². The van der Waals surface area contributed by atoms with Crippen LogP contribution < -0.4 is 15.5 Å². The van der Waals surface area contributed by atoms with Crippen LogP contribution in [0.4, 0.5) is 5.13 Å². The number of hydrogen-bond acceptors (Lipinski definition) is 6. The van der Waals surface area contributed by atoms with Gasteiger partial charge in [-0.25, -0.2) is 4.98 Å². The summed E-state index contributed by atoms with van der Waals surface area (Å²) in [5.74, 6) is -0.554. The maximum atomic E-state index is 11.6. The highest BCUT2D eigenvalue weighted by atomic mass is 32.1. The van der Waals surface area contributed by atoms with Crippen molar-refractivity contribution in [3.8, 4) is 0 Å². The van der Waals surface area contributed by atoms with Gasteiger partial charge in [0.05, 0.1) is 5.69 Å². The van der Waals surface area contributed by atoms with Gasteiger partial charge in [0.1, 0.15) is 12.6 Å². The predicted octanol–water partition coefficient (Wildman–Crippen LogP) is 0.275. The van der Waals surface area contributed by atoms with Gasteiger partial charge in [-0.05, 0) is 20.9 Å². The van der Waals surface area contributed by atoms with Crippen LogP contribution in [0.3, 0.4) is 0 Å². The molecule has 0 saturated carbocycles. The van der Waals surface area contributed by atoms with E-state index >= 15 is 0 Å². The summed E-state index contributed by atoms with van der Waals surface area (Å²) in [6, 6.07) is -0.216. The molecule has 6 nitrogen and oxygen atoms in total. The molecule has 1 aliphatic rings. The molecule has 1 aliphatic heterocycles. The number of piperazine rings is 1. The number of rotatable bonds is 3. The highest BCUT2D eigenvalue weighted by molar-refractivity contribution is 7.13. The van der Waals surface area contributed by atoms with Gasteiger partial charge >= 0.3 is 0 Å². The van der Waals surface area contributed by atoms with Gasteiger partial charge in [0.25, 0.3) is 0 Å². The normalized spacial score (nSPS) is 21.9. The lowest BCUT2D eigenvalue weighted by Crippen LogP contribution is -2.57. The second-order valence-electron chi connectivity index (χ2n) is 4.28. The van der Waals surface area contributed by atoms with Crippen LogP contribution in [0.2, 0.25) is 0 Å². The van der Waals surface area contributed by atoms with Crippen molar-refractivity contribution in [2.75, 3.05) is 18.5 Å². The van der Waals surface area contributed by atoms with E-state index in [1.54, 1.807) is 11.8 Å². The first-order valence-electron chi connectivity index (χ1n) is 5.76. The molecule has 1 aromatic rings. The molecule has 2 heterocycles. The highest BCUT2D eigenvalue weighted by Gasteiger charge is 2.32. The zero-order valence-corrected chi connectivity index (χ0v) is 11.4. The van der Waals surface area contributed by atoms with Crippen LogP contribution in [-0.2, 0) is 9.59 Å². The summed E-state index contributed by atoms with van der Waals surface area (Å²) < 4.78 is 0. The fourth-order valence-electron chi connectivity index (χ4n) is 1.70. The Hall–Kier alpha value is -1.47. The van der Waals surface area contributed by atoms with Crippen molar-refractivity contribution in [3.63, 3.8) is 0 Å². The van der Waals surface area contributed by atoms with E-state index in [1.807, 2.05) is 19.4 Å². The van der Waals surface area contributed by atoms with E-state index in [0.717, 1.165) is 5.69 Å². The molecule has 2 unspecified atom stereocenters. The molecule has 0 radical (unpaired) electrons. The summed E-state index contributed by atoms with van der Waals surface area (Å²) in [6.45, 7) is 3.95. The Morgan fingerprint density at radius 2 is 2.33 bits per heavy atom. The Kier molecular flexibility index (Phi) is 3.63. The topological polar surface area (TPSA) is 74.3 Å². The Bertz CT molecular complexity index is 473. The fourth-order valence-corrected chi connectivity index (χ4v) is 2.70. The van der Waals surface area contributed by atoms with Crippen LogP contribution in [0.25, 0.3) is 0 Å². The van der Waals surface area contributed by atoms with Gasteiger partial charge in [0, 0.05) is 11.4 Å². The van der Waals surface area contributed by atoms with Gasteiger partial charge in [0.2, 0.25) is 11.8 Å². The van der Waals surface area contributed by atoms with Crippen LogP contribution in [0.5, 0.6) is 0 Å². The largest absolute Gasteiger partial charge is 0.327 e. The number of imide groups is 1. The van der Waals surface area contributed by atoms with Gasteiger partial charge in [-0.3, -0.25) is 14.9 Å². The number of carbonyl (C=O) groups is 2. The van der Waals surface area contributed by atoms with E-state index in [-0.39, 0.29) is 30.4 Å². The molecule has 0 spiro atoms. The Morgan fingerprint density at radius 3 is 3.00 bits per heavy atom. The van der Waals surface area contributed by atoms with Crippen molar-refractivity contribution in [2.24, 2.45) is 0 Å². The van der Waals surface area contributed by atoms with Crippen LogP contribution in [0.15, 0.2) is 5.38 Å². The van der Waals surface area contributed by atoms with Crippen molar-refractivity contribution in [1.29, 1.82) is 0 Å². The second kappa shape index (κ2) is 5.03. The van der Waals surface area contributed by atoms with E-state index in [2.05, 4.69) is 15.6 Å². The standard InChI is InChI=1S/C11H16N4O2S/c1-6(12-3)8-5-18-11(13-8)15-4-9(16)14-10(17)7(15)2/h5-7,12H,4H2,1-3H3,(H,14,16,17). The maximum absolute atomic E-state index is 11.6. The second-order valence-corrected chi connectivity index (χ2v) is 5.12. The summed E-state index contributed by atoms with van der Waals surface area (Å²) in [6.07, 6.45) is 0. The number of thiazole rings is 1. The molecule has 98 valence electrons. The molecular weight excluding hydrogens is 252 g/mol. The lowest BCUT2D eigenvalue weighted by atomic mass is 10.2. The van der Waals surface area contributed by atoms with Crippen molar-refractivity contribution < 1.29 is 9.59 Å². The molecule has 2 N–H and O–H groups in total. The van der Waals surface area contributed by atoms with Gasteiger partial charge in [-0.2, -0.15) is 0 Å². The predicted molar refractivity (Wildman–Crippen MR) is 69.5 cm³/mol. The molecular formula is C11H16N4O2S. The van der Waals surface area contributed by atoms with Crippen molar-refractivity contribution >= 4 is 28.3 Å². The molecule has 2 atom stereocenters. The van der Waals surface area contributed by atoms with Crippen LogP contribution in [0.1, 0.15) is 25.6 Å². The summed E-state index contributed by atoms with van der Waals surface area (Å²) in [4.78, 5) is 29.2. The quantitative estimate of drug-likeness (QED) is 0.770. The summed E-state index contributed by atoms with van der Waals surface area (Å²) in [5.41, 5.74) is 0.920. The molecule has 18 heavy (non-hydrogen) atoms. The third-order valence-corrected chi connectivity index (χ3v) is 3.95. The Labute approximate surface area is 109 Å². The fraction of sp³-hybridized carbons (Fsp3) is 0.545. The van der Waals surface area contributed by atoms with Gasteiger partial charge in [0.15, 0.2) is 5.13 Å². The molecule has 1 saturated heterocycles. The number of nitrogens with zero attached hydrogens (tertiary/aromatic N) is 2. The minimum absolute atomic E-state index is 0.152. The third kappa shape index (κ3) is 2.37. The lowest BCUT2D eigenvalue weighted by molar-refractivity contribution is -0.132. The first-order valence-corrected chi connectivity index (χ1v) is 6.64. The molecule has 2 rings (SSSR count). The van der Waals surface area contributed by atoms with E-state index in [4.69, 9.17) is 0 Å². The smallest absolute Gasteiger partial charge is 0.249 e. The molecule has 0 aliphatic carbocycles. The van der Waals surface area contributed by atoms with Gasteiger partial charge in [-0.1, -0.05) is 0 Å². The third-order valence-electron chi connectivity index (χ3n) is 3.06. The summed E-state index contributed by atoms with van der Waals surface area (Å²) >= 11 is 1.45. The number of carbonyl (C=O) groups excluding carboxylic acids is 2. The zero-order chi connectivity index (χ0) is 13.3. The zero-order valence-electron chi connectivity index (χ0n) is 10.6. The van der Waals surface area contributed by atoms with E-state index in [9.17, 15) is 9.59 Å². The molecule has 2 amide bonds. The van der Waals surface area contributed by atoms with Crippen LogP contribution >= 0.6 is 11.3 Å². The number of aromatic nitrogens is 1. The molecule has 0 aromatic carbocycles. The average Bonchev–Trinajstić information content (AvgIpc) is 2.82. The Morgan fingerprint density at radius 1 is 1.61 bits per heavy atom. The number of anilines is 1. The first-order chi connectivity index (χ1) is 8.52. The number of nitrogens with one attached hydrogen (secondary N) is 2. The minimum Gasteiger partial charge on any atom is -0.327 e. The SMILES string of the molecule is CNC(C)c1csc(N2CC(=O)NC(=O)C2C)n1. The highest BCUT2D eigenvalue weighted by Crippen LogP contribution is 2.26. The van der Waals surface area contributed by atoms with E-state index in [1.165, 1.54) is 11.3 Å². The lowest BCUT2D eigenvalue weighted by Gasteiger charge is -2.31. The van der Waals surface area contributed by atoms with Crippen molar-refractivity contribution in [1.82, 2.24) is 15.6 Å². The van der Waals surface area contributed by atoms with Crippen molar-refractivity contribution in [2.45, 2.75) is 25.9 Å².